The summed E-state index contributed by atoms with van der Waals surface area (Å²) in [5.74, 6) is -0.112. The minimum absolute atomic E-state index is 0.112. The Bertz CT molecular complexity index is 1340. The zero-order valence-electron chi connectivity index (χ0n) is 18.8. The van der Waals surface area contributed by atoms with Crippen molar-refractivity contribution < 1.29 is 4.79 Å². The van der Waals surface area contributed by atoms with Gasteiger partial charge in [0.1, 0.15) is 28.5 Å². The summed E-state index contributed by atoms with van der Waals surface area (Å²) in [7, 11) is -2.69. The maximum Gasteiger partial charge on any atom is 0.190 e. The van der Waals surface area contributed by atoms with Crippen LogP contribution >= 0.6 is 7.26 Å². The molecule has 4 aromatic carbocycles. The predicted molar refractivity (Wildman–Crippen MR) is 142 cm³/mol. The standard InChI is InChI=1S/C31H23NOP/c1-22-29(30(32)27-20-12-13-21-28(27)31(22)33)23(2)34(24-14-6-3-7-15-24,25-16-8-4-9-17-25)26-18-10-5-11-19-26/h3-21,32H,1H3/q+1. The molecule has 5 rings (SSSR count). The fourth-order valence-electron chi connectivity index (χ4n) is 4.79. The van der Waals surface area contributed by atoms with Gasteiger partial charge in [-0.1, -0.05) is 78.9 Å². The van der Waals surface area contributed by atoms with Gasteiger partial charge in [-0.15, -0.1) is 0 Å². The Kier molecular flexibility index (Phi) is 5.69. The van der Waals surface area contributed by atoms with Crippen LogP contribution in [0.3, 0.4) is 0 Å². The summed E-state index contributed by atoms with van der Waals surface area (Å²) in [6, 6.07) is 37.6. The molecule has 0 aliphatic heterocycles. The van der Waals surface area contributed by atoms with Crippen molar-refractivity contribution in [3.8, 4) is 0 Å². The summed E-state index contributed by atoms with van der Waals surface area (Å²) in [4.78, 5) is 13.4. The van der Waals surface area contributed by atoms with Gasteiger partial charge < -0.3 is 0 Å². The van der Waals surface area contributed by atoms with Crippen LogP contribution in [-0.4, -0.2) is 11.5 Å². The van der Waals surface area contributed by atoms with Gasteiger partial charge in [0.25, 0.3) is 0 Å². The van der Waals surface area contributed by atoms with Crippen LogP contribution in [0.5, 0.6) is 0 Å². The van der Waals surface area contributed by atoms with Gasteiger partial charge in [0.2, 0.25) is 0 Å². The number of rotatable bonds is 5. The Morgan fingerprint density at radius 1 is 0.647 bits per heavy atom. The molecule has 2 nitrogen and oxygen atoms in total. The van der Waals surface area contributed by atoms with Crippen molar-refractivity contribution in [1.29, 1.82) is 5.41 Å². The van der Waals surface area contributed by atoms with Crippen LogP contribution < -0.4 is 15.9 Å². The molecule has 34 heavy (non-hydrogen) atoms. The van der Waals surface area contributed by atoms with E-state index in [-0.39, 0.29) is 11.5 Å². The van der Waals surface area contributed by atoms with Crippen LogP contribution in [0.2, 0.25) is 0 Å². The van der Waals surface area contributed by atoms with Crippen molar-refractivity contribution >= 4 is 34.7 Å². The minimum atomic E-state index is -2.69. The number of benzene rings is 4. The van der Waals surface area contributed by atoms with E-state index in [0.29, 0.717) is 27.6 Å². The zero-order chi connectivity index (χ0) is 23.7. The minimum Gasteiger partial charge on any atom is -0.299 e. The molecule has 0 bridgehead atoms. The normalized spacial score (nSPS) is 13.6. The van der Waals surface area contributed by atoms with Gasteiger partial charge in [0, 0.05) is 23.3 Å². The lowest BCUT2D eigenvalue weighted by Gasteiger charge is -2.32. The summed E-state index contributed by atoms with van der Waals surface area (Å²) in [5, 5.41) is 12.5. The van der Waals surface area contributed by atoms with Gasteiger partial charge in [0.15, 0.2) is 5.78 Å². The van der Waals surface area contributed by atoms with Gasteiger partial charge in [-0.3, -0.25) is 10.2 Å². The highest BCUT2D eigenvalue weighted by molar-refractivity contribution is 7.99. The number of carbonyl (C=O) groups is 1. The highest BCUT2D eigenvalue weighted by atomic mass is 31.2. The smallest absolute Gasteiger partial charge is 0.190 e. The quantitative estimate of drug-likeness (QED) is 0.382. The van der Waals surface area contributed by atoms with Crippen LogP contribution in [-0.2, 0) is 0 Å². The second kappa shape index (κ2) is 8.82. The summed E-state index contributed by atoms with van der Waals surface area (Å²) in [5.41, 5.74) is 2.26. The number of hydrogen-bond acceptors (Lipinski definition) is 2. The predicted octanol–water partition coefficient (Wildman–Crippen LogP) is 5.76. The van der Waals surface area contributed by atoms with E-state index in [9.17, 15) is 11.4 Å². The van der Waals surface area contributed by atoms with Gasteiger partial charge in [0.05, 0.1) is 11.3 Å². The fourth-order valence-corrected chi connectivity index (χ4v) is 8.93. The molecule has 0 fully saturated rings. The molecule has 0 aromatic heterocycles. The maximum absolute atomic E-state index is 13.4. The molecule has 162 valence electrons. The van der Waals surface area contributed by atoms with Crippen LogP contribution in [0.1, 0.15) is 22.8 Å². The molecule has 0 amide bonds. The van der Waals surface area contributed by atoms with E-state index in [2.05, 4.69) is 36.4 Å². The van der Waals surface area contributed by atoms with Crippen LogP contribution in [0.4, 0.5) is 0 Å². The Morgan fingerprint density at radius 2 is 1.03 bits per heavy atom. The lowest BCUT2D eigenvalue weighted by Crippen LogP contribution is -2.34. The van der Waals surface area contributed by atoms with Gasteiger partial charge in [-0.2, -0.15) is 0 Å². The lowest BCUT2D eigenvalue weighted by atomic mass is 9.84. The Morgan fingerprint density at radius 3 is 1.47 bits per heavy atom. The molecule has 0 atom stereocenters. The van der Waals surface area contributed by atoms with Crippen LogP contribution in [0.25, 0.3) is 0 Å². The summed E-state index contributed by atoms with van der Waals surface area (Å²) in [6.45, 7) is 11.5. The first-order valence-corrected chi connectivity index (χ1v) is 12.9. The number of nitrogens with one attached hydrogen (secondary N) is 1. The highest BCUT2D eigenvalue weighted by Crippen LogP contribution is 2.64. The summed E-state index contributed by atoms with van der Waals surface area (Å²) >= 11 is 0. The topological polar surface area (TPSA) is 40.9 Å². The van der Waals surface area contributed by atoms with Crippen molar-refractivity contribution in [2.24, 2.45) is 0 Å². The van der Waals surface area contributed by atoms with Gasteiger partial charge in [-0.05, 0) is 43.3 Å². The van der Waals surface area contributed by atoms with Gasteiger partial charge in [-0.25, -0.2) is 0 Å². The number of ketones is 1. The third-order valence-corrected chi connectivity index (χ3v) is 10.5. The number of hydrogen-bond donors (Lipinski definition) is 1. The van der Waals surface area contributed by atoms with Crippen molar-refractivity contribution in [1.82, 2.24) is 0 Å². The first-order chi connectivity index (χ1) is 16.6. The number of Topliss-reactive ketones (excluding diaryl/α,β-unsaturated/α-hetero) is 1. The van der Waals surface area contributed by atoms with Crippen molar-refractivity contribution in [2.75, 3.05) is 0 Å². The molecule has 3 heteroatoms. The van der Waals surface area contributed by atoms with E-state index in [1.54, 1.807) is 13.0 Å². The molecule has 0 heterocycles. The molecule has 1 aliphatic rings. The van der Waals surface area contributed by atoms with E-state index in [4.69, 9.17) is 5.41 Å². The lowest BCUT2D eigenvalue weighted by molar-refractivity contribution is 0.103. The number of fused-ring (bicyclic) bond motifs is 1. The fraction of sp³-hybridized carbons (Fsp3) is 0.0323. The van der Waals surface area contributed by atoms with Crippen LogP contribution in [0, 0.1) is 12.0 Å². The molecule has 0 unspecified atom stereocenters. The average Bonchev–Trinajstić information content (AvgIpc) is 2.90. The largest absolute Gasteiger partial charge is 0.299 e. The monoisotopic (exact) mass is 456 g/mol. The first kappa shape index (κ1) is 21.9. The SMILES string of the molecule is [C]=C(C1=C(C)C(=O)c2ccccc2C1=N)[P+](c1ccccc1)(c1ccccc1)c1ccccc1. The third-order valence-electron chi connectivity index (χ3n) is 6.41. The zero-order valence-corrected chi connectivity index (χ0v) is 19.7. The number of allylic oxidation sites excluding steroid dienone is 3. The van der Waals surface area contributed by atoms with Crippen LogP contribution in [0.15, 0.2) is 132 Å². The van der Waals surface area contributed by atoms with E-state index in [1.165, 1.54) is 0 Å². The molecule has 0 saturated heterocycles. The number of carbonyl (C=O) groups excluding carboxylic acids is 1. The van der Waals surface area contributed by atoms with E-state index in [1.807, 2.05) is 72.8 Å². The summed E-state index contributed by atoms with van der Waals surface area (Å²) < 4.78 is 0. The highest BCUT2D eigenvalue weighted by Gasteiger charge is 2.52. The van der Waals surface area contributed by atoms with Crippen molar-refractivity contribution in [3.05, 3.63) is 149 Å². The molecular weight excluding hydrogens is 433 g/mol. The van der Waals surface area contributed by atoms with E-state index >= 15 is 0 Å². The molecule has 4 aromatic rings. The molecule has 1 N–H and O–H groups in total. The molecular formula is C31H23NOP+. The molecule has 2 radical (unpaired) electrons. The van der Waals surface area contributed by atoms with Crippen molar-refractivity contribution in [2.45, 2.75) is 6.92 Å². The molecule has 1 aliphatic carbocycles. The Balaban J connectivity index is 1.86. The van der Waals surface area contributed by atoms with E-state index in [0.717, 1.165) is 15.9 Å². The Hall–Kier alpha value is -3.87. The second-order valence-corrected chi connectivity index (χ2v) is 11.6. The Labute approximate surface area is 201 Å². The van der Waals surface area contributed by atoms with E-state index < -0.39 is 7.26 Å². The maximum atomic E-state index is 13.4. The summed E-state index contributed by atoms with van der Waals surface area (Å²) in [6.07, 6.45) is 0. The molecule has 0 saturated carbocycles. The second-order valence-electron chi connectivity index (χ2n) is 8.28. The molecule has 0 spiro atoms. The van der Waals surface area contributed by atoms with Gasteiger partial charge >= 0.3 is 0 Å². The first-order valence-electron chi connectivity index (χ1n) is 11.2. The third kappa shape index (κ3) is 3.31. The average molecular weight is 457 g/mol. The van der Waals surface area contributed by atoms with Crippen molar-refractivity contribution in [3.63, 3.8) is 0 Å².